The molecule has 5 rings (SSSR count). The molecule has 11 heteroatoms. The highest BCUT2D eigenvalue weighted by atomic mass is 32.1. The molecule has 180 valence electrons. The summed E-state index contributed by atoms with van der Waals surface area (Å²) >= 11 is 1.55. The molecule has 0 spiro atoms. The molecule has 4 N–H and O–H groups in total. The summed E-state index contributed by atoms with van der Waals surface area (Å²) in [5, 5.41) is 6.26. The molecule has 0 unspecified atom stereocenters. The van der Waals surface area contributed by atoms with Crippen molar-refractivity contribution in [2.45, 2.75) is 6.54 Å². The molecule has 0 aliphatic carbocycles. The van der Waals surface area contributed by atoms with Crippen LogP contribution in [0.15, 0.2) is 67.1 Å². The van der Waals surface area contributed by atoms with Gasteiger partial charge in [-0.05, 0) is 42.0 Å². The van der Waals surface area contributed by atoms with Gasteiger partial charge in [-0.15, -0.1) is 11.3 Å². The summed E-state index contributed by atoms with van der Waals surface area (Å²) in [6.07, 6.45) is 2.94. The molecule has 0 aliphatic rings. The van der Waals surface area contributed by atoms with E-state index in [4.69, 9.17) is 5.73 Å². The van der Waals surface area contributed by atoms with Gasteiger partial charge in [0.05, 0.1) is 17.6 Å². The minimum Gasteiger partial charge on any atom is -0.383 e. The first-order valence-electron chi connectivity index (χ1n) is 10.6. The van der Waals surface area contributed by atoms with E-state index in [-0.39, 0.29) is 17.1 Å². The number of halogens is 3. The molecule has 1 amide bonds. The number of carbonyl (C=O) groups excluding carboxylic acids is 1. The van der Waals surface area contributed by atoms with Gasteiger partial charge in [0, 0.05) is 39.2 Å². The average Bonchev–Trinajstić information content (AvgIpc) is 3.35. The van der Waals surface area contributed by atoms with Gasteiger partial charge in [0.25, 0.3) is 5.91 Å². The van der Waals surface area contributed by atoms with Crippen molar-refractivity contribution < 1.29 is 18.0 Å². The van der Waals surface area contributed by atoms with Crippen LogP contribution in [-0.4, -0.2) is 20.9 Å². The first-order chi connectivity index (χ1) is 17.4. The molecule has 0 saturated heterocycles. The van der Waals surface area contributed by atoms with Gasteiger partial charge in [-0.2, -0.15) is 0 Å². The van der Waals surface area contributed by atoms with E-state index in [0.29, 0.717) is 24.5 Å². The van der Waals surface area contributed by atoms with Crippen molar-refractivity contribution in [1.82, 2.24) is 15.0 Å². The number of thiophene rings is 1. The Hall–Kier alpha value is -4.51. The van der Waals surface area contributed by atoms with E-state index in [9.17, 15) is 18.0 Å². The minimum atomic E-state index is -1.60. The summed E-state index contributed by atoms with van der Waals surface area (Å²) in [5.74, 6) is -4.36. The van der Waals surface area contributed by atoms with Crippen LogP contribution in [0.2, 0.25) is 0 Å². The Morgan fingerprint density at radius 1 is 0.972 bits per heavy atom. The highest BCUT2D eigenvalue weighted by molar-refractivity contribution is 7.15. The van der Waals surface area contributed by atoms with Gasteiger partial charge in [0.2, 0.25) is 0 Å². The van der Waals surface area contributed by atoms with Crippen molar-refractivity contribution in [3.8, 4) is 10.4 Å². The number of nitrogens with one attached hydrogen (secondary N) is 2. The highest BCUT2D eigenvalue weighted by Crippen LogP contribution is 2.31. The lowest BCUT2D eigenvalue weighted by atomic mass is 10.1. The van der Waals surface area contributed by atoms with Crippen LogP contribution in [0.5, 0.6) is 0 Å². The predicted octanol–water partition coefficient (Wildman–Crippen LogP) is 5.62. The van der Waals surface area contributed by atoms with Crippen molar-refractivity contribution >= 4 is 45.5 Å². The number of nitrogen functional groups attached to an aromatic ring is 1. The monoisotopic (exact) mass is 506 g/mol. The van der Waals surface area contributed by atoms with Crippen LogP contribution < -0.4 is 16.4 Å². The van der Waals surface area contributed by atoms with Gasteiger partial charge in [0.15, 0.2) is 17.5 Å². The van der Waals surface area contributed by atoms with Crippen LogP contribution >= 0.6 is 11.3 Å². The van der Waals surface area contributed by atoms with Crippen molar-refractivity contribution in [1.29, 1.82) is 0 Å². The van der Waals surface area contributed by atoms with Gasteiger partial charge in [-0.1, -0.05) is 6.07 Å². The summed E-state index contributed by atoms with van der Waals surface area (Å²) in [5.41, 5.74) is 7.65. The van der Waals surface area contributed by atoms with Crippen LogP contribution in [0.4, 0.5) is 30.5 Å². The zero-order valence-corrected chi connectivity index (χ0v) is 19.2. The standard InChI is InChI=1S/C25H17F3N6OS/c26-18-9-14(10-19(27)22(18)28)34-25(35)16-2-1-7-30-24(16)31-11-15-4-6-21(36-15)13-3-5-20-17(8-13)23(29)33-12-32-20/h1-10,12H,11H2,(H,30,31)(H,34,35)(H2,29,32,33). The fourth-order valence-corrected chi connectivity index (χ4v) is 4.53. The number of pyridine rings is 1. The van der Waals surface area contributed by atoms with E-state index in [1.807, 2.05) is 30.3 Å². The summed E-state index contributed by atoms with van der Waals surface area (Å²) in [4.78, 5) is 27.2. The Kier molecular flexibility index (Phi) is 6.21. The summed E-state index contributed by atoms with van der Waals surface area (Å²) < 4.78 is 40.2. The second-order valence-corrected chi connectivity index (χ2v) is 8.89. The Bertz CT molecular complexity index is 1580. The molecule has 7 nitrogen and oxygen atoms in total. The second kappa shape index (κ2) is 9.62. The number of nitrogens with zero attached hydrogens (tertiary/aromatic N) is 3. The van der Waals surface area contributed by atoms with Crippen LogP contribution in [0.3, 0.4) is 0 Å². The number of hydrogen-bond acceptors (Lipinski definition) is 7. The number of aromatic nitrogens is 3. The maximum absolute atomic E-state index is 13.5. The van der Waals surface area contributed by atoms with Crippen molar-refractivity contribution in [3.05, 3.63) is 95.0 Å². The Morgan fingerprint density at radius 2 is 1.78 bits per heavy atom. The molecule has 2 aromatic carbocycles. The first kappa shape index (κ1) is 23.2. The number of benzene rings is 2. The van der Waals surface area contributed by atoms with E-state index < -0.39 is 23.4 Å². The number of nitrogens with two attached hydrogens (primary N) is 1. The summed E-state index contributed by atoms with van der Waals surface area (Å²) in [6.45, 7) is 0.376. The number of hydrogen-bond donors (Lipinski definition) is 3. The van der Waals surface area contributed by atoms with Crippen molar-refractivity contribution in [2.75, 3.05) is 16.4 Å². The van der Waals surface area contributed by atoms with Gasteiger partial charge in [-0.3, -0.25) is 4.79 Å². The Labute approximate surface area is 206 Å². The molecule has 0 fully saturated rings. The third kappa shape index (κ3) is 4.68. The minimum absolute atomic E-state index is 0.157. The van der Waals surface area contributed by atoms with Gasteiger partial charge < -0.3 is 16.4 Å². The largest absolute Gasteiger partial charge is 0.383 e. The lowest BCUT2D eigenvalue weighted by molar-refractivity contribution is 0.102. The topological polar surface area (TPSA) is 106 Å². The van der Waals surface area contributed by atoms with Gasteiger partial charge >= 0.3 is 0 Å². The third-order valence-electron chi connectivity index (χ3n) is 5.34. The number of amides is 1. The van der Waals surface area contributed by atoms with Crippen LogP contribution in [0.25, 0.3) is 21.3 Å². The summed E-state index contributed by atoms with van der Waals surface area (Å²) in [6, 6.07) is 14.2. The fraction of sp³-hybridized carbons (Fsp3) is 0.0400. The highest BCUT2D eigenvalue weighted by Gasteiger charge is 2.16. The third-order valence-corrected chi connectivity index (χ3v) is 6.47. The molecular weight excluding hydrogens is 489 g/mol. The number of rotatable bonds is 6. The molecule has 0 aliphatic heterocycles. The average molecular weight is 507 g/mol. The van der Waals surface area contributed by atoms with E-state index in [0.717, 1.165) is 26.2 Å². The Morgan fingerprint density at radius 3 is 2.58 bits per heavy atom. The lowest BCUT2D eigenvalue weighted by Gasteiger charge is -2.11. The predicted molar refractivity (Wildman–Crippen MR) is 133 cm³/mol. The van der Waals surface area contributed by atoms with Crippen LogP contribution in [-0.2, 0) is 6.54 Å². The van der Waals surface area contributed by atoms with E-state index >= 15 is 0 Å². The summed E-state index contributed by atoms with van der Waals surface area (Å²) in [7, 11) is 0. The molecule has 0 bridgehead atoms. The molecule has 36 heavy (non-hydrogen) atoms. The molecule has 0 saturated carbocycles. The number of carbonyl (C=O) groups is 1. The van der Waals surface area contributed by atoms with E-state index in [1.54, 1.807) is 17.4 Å². The smallest absolute Gasteiger partial charge is 0.259 e. The first-order valence-corrected chi connectivity index (χ1v) is 11.4. The molecule has 3 aromatic heterocycles. The number of fused-ring (bicyclic) bond motifs is 1. The fourth-order valence-electron chi connectivity index (χ4n) is 3.58. The molecular formula is C25H17F3N6OS. The van der Waals surface area contributed by atoms with E-state index in [1.165, 1.54) is 18.6 Å². The van der Waals surface area contributed by atoms with Crippen molar-refractivity contribution in [3.63, 3.8) is 0 Å². The SMILES string of the molecule is Nc1ncnc2ccc(-c3ccc(CNc4ncccc4C(=O)Nc4cc(F)c(F)c(F)c4)s3)cc12. The van der Waals surface area contributed by atoms with Gasteiger partial charge in [-0.25, -0.2) is 28.1 Å². The quantitative estimate of drug-likeness (QED) is 0.258. The second-order valence-electron chi connectivity index (χ2n) is 7.72. The molecule has 0 atom stereocenters. The maximum atomic E-state index is 13.5. The lowest BCUT2D eigenvalue weighted by Crippen LogP contribution is -2.16. The number of anilines is 3. The maximum Gasteiger partial charge on any atom is 0.259 e. The molecule has 3 heterocycles. The Balaban J connectivity index is 1.31. The normalized spacial score (nSPS) is 11.0. The zero-order chi connectivity index (χ0) is 25.2. The zero-order valence-electron chi connectivity index (χ0n) is 18.4. The van der Waals surface area contributed by atoms with Crippen LogP contribution in [0.1, 0.15) is 15.2 Å². The van der Waals surface area contributed by atoms with Gasteiger partial charge in [0.1, 0.15) is 18.0 Å². The van der Waals surface area contributed by atoms with E-state index in [2.05, 4.69) is 25.6 Å². The van der Waals surface area contributed by atoms with Crippen molar-refractivity contribution in [2.24, 2.45) is 0 Å². The van der Waals surface area contributed by atoms with Crippen LogP contribution in [0, 0.1) is 17.5 Å². The molecule has 5 aromatic rings. The molecule has 0 radical (unpaired) electrons.